The minimum Gasteiger partial charge on any atom is -0.381 e. The van der Waals surface area contributed by atoms with Crippen LogP contribution >= 0.6 is 0 Å². The zero-order chi connectivity index (χ0) is 12.3. The lowest BCUT2D eigenvalue weighted by atomic mass is 9.94. The van der Waals surface area contributed by atoms with Crippen molar-refractivity contribution in [3.63, 3.8) is 0 Å². The minimum absolute atomic E-state index is 0.747. The number of rotatable bonds is 10. The molecule has 17 heavy (non-hydrogen) atoms. The second-order valence-corrected chi connectivity index (χ2v) is 5.32. The van der Waals surface area contributed by atoms with E-state index in [2.05, 4.69) is 19.2 Å². The van der Waals surface area contributed by atoms with Crippen LogP contribution in [0.2, 0.25) is 0 Å². The van der Waals surface area contributed by atoms with Crippen molar-refractivity contribution in [1.29, 1.82) is 0 Å². The van der Waals surface area contributed by atoms with Gasteiger partial charge in [0.15, 0.2) is 0 Å². The number of hydrogen-bond acceptors (Lipinski definition) is 2. The molecule has 1 rings (SSSR count). The molecule has 1 aliphatic rings. The molecule has 1 fully saturated rings. The van der Waals surface area contributed by atoms with Gasteiger partial charge in [-0.3, -0.25) is 0 Å². The van der Waals surface area contributed by atoms with E-state index in [4.69, 9.17) is 4.74 Å². The molecule has 0 heterocycles. The van der Waals surface area contributed by atoms with E-state index in [0.29, 0.717) is 0 Å². The number of ether oxygens (including phenoxy) is 1. The van der Waals surface area contributed by atoms with Crippen LogP contribution < -0.4 is 5.32 Å². The van der Waals surface area contributed by atoms with E-state index in [1.54, 1.807) is 0 Å². The molecule has 0 radical (unpaired) electrons. The maximum absolute atomic E-state index is 5.64. The van der Waals surface area contributed by atoms with Crippen LogP contribution in [0.25, 0.3) is 0 Å². The largest absolute Gasteiger partial charge is 0.381 e. The van der Waals surface area contributed by atoms with Gasteiger partial charge in [-0.25, -0.2) is 0 Å². The highest BCUT2D eigenvalue weighted by atomic mass is 16.5. The Morgan fingerprint density at radius 3 is 2.47 bits per heavy atom. The van der Waals surface area contributed by atoms with Crippen molar-refractivity contribution >= 4 is 0 Å². The summed E-state index contributed by atoms with van der Waals surface area (Å²) >= 11 is 0. The fourth-order valence-corrected chi connectivity index (χ4v) is 2.88. The fraction of sp³-hybridized carbons (Fsp3) is 1.00. The zero-order valence-electron chi connectivity index (χ0n) is 11.8. The van der Waals surface area contributed by atoms with Crippen LogP contribution in [0.3, 0.4) is 0 Å². The van der Waals surface area contributed by atoms with Crippen molar-refractivity contribution in [2.24, 2.45) is 5.92 Å². The third-order valence-corrected chi connectivity index (χ3v) is 3.88. The maximum atomic E-state index is 5.64. The van der Waals surface area contributed by atoms with Gasteiger partial charge in [0.25, 0.3) is 0 Å². The first kappa shape index (κ1) is 15.0. The van der Waals surface area contributed by atoms with Crippen molar-refractivity contribution in [3.05, 3.63) is 0 Å². The Labute approximate surface area is 108 Å². The van der Waals surface area contributed by atoms with E-state index >= 15 is 0 Å². The Bertz CT molecular complexity index is 166. The summed E-state index contributed by atoms with van der Waals surface area (Å²) in [5, 5.41) is 3.67. The molecule has 1 unspecified atom stereocenters. The summed E-state index contributed by atoms with van der Waals surface area (Å²) < 4.78 is 5.64. The molecule has 0 saturated heterocycles. The van der Waals surface area contributed by atoms with E-state index in [1.165, 1.54) is 51.4 Å². The summed E-state index contributed by atoms with van der Waals surface area (Å²) in [6.07, 6.45) is 10.7. The molecule has 102 valence electrons. The predicted molar refractivity (Wildman–Crippen MR) is 74.4 cm³/mol. The quantitative estimate of drug-likeness (QED) is 0.588. The molecule has 0 spiro atoms. The summed E-state index contributed by atoms with van der Waals surface area (Å²) in [6.45, 7) is 7.45. The first-order valence-electron chi connectivity index (χ1n) is 7.69. The van der Waals surface area contributed by atoms with Gasteiger partial charge < -0.3 is 10.1 Å². The average molecular weight is 241 g/mol. The SMILES string of the molecule is CCCCOCCCC(NCC)C1CCCC1. The molecular formula is C15H31NO. The van der Waals surface area contributed by atoms with Crippen LogP contribution in [-0.4, -0.2) is 25.8 Å². The Morgan fingerprint density at radius 2 is 1.82 bits per heavy atom. The molecule has 1 N–H and O–H groups in total. The number of nitrogens with one attached hydrogen (secondary N) is 1. The molecule has 2 nitrogen and oxygen atoms in total. The Morgan fingerprint density at radius 1 is 1.12 bits per heavy atom. The van der Waals surface area contributed by atoms with Gasteiger partial charge in [0.2, 0.25) is 0 Å². The van der Waals surface area contributed by atoms with E-state index in [1.807, 2.05) is 0 Å². The number of hydrogen-bond donors (Lipinski definition) is 1. The van der Waals surface area contributed by atoms with Gasteiger partial charge >= 0.3 is 0 Å². The molecule has 0 amide bonds. The van der Waals surface area contributed by atoms with Gasteiger partial charge in [-0.15, -0.1) is 0 Å². The average Bonchev–Trinajstić information content (AvgIpc) is 2.86. The molecule has 1 saturated carbocycles. The molecule has 1 aliphatic carbocycles. The van der Waals surface area contributed by atoms with Crippen LogP contribution in [0.1, 0.15) is 65.2 Å². The lowest BCUT2D eigenvalue weighted by Crippen LogP contribution is -2.35. The first-order valence-corrected chi connectivity index (χ1v) is 7.69. The third-order valence-electron chi connectivity index (χ3n) is 3.88. The van der Waals surface area contributed by atoms with Crippen LogP contribution in [0.5, 0.6) is 0 Å². The molecule has 1 atom stereocenters. The summed E-state index contributed by atoms with van der Waals surface area (Å²) in [6, 6.07) is 0.747. The summed E-state index contributed by atoms with van der Waals surface area (Å²) in [5.74, 6) is 0.936. The highest BCUT2D eigenvalue weighted by Crippen LogP contribution is 2.29. The second-order valence-electron chi connectivity index (χ2n) is 5.32. The first-order chi connectivity index (χ1) is 8.38. The van der Waals surface area contributed by atoms with Crippen LogP contribution in [0.15, 0.2) is 0 Å². The highest BCUT2D eigenvalue weighted by Gasteiger charge is 2.23. The Hall–Kier alpha value is -0.0800. The fourth-order valence-electron chi connectivity index (χ4n) is 2.88. The molecule has 0 aliphatic heterocycles. The smallest absolute Gasteiger partial charge is 0.0466 e. The molecule has 0 aromatic carbocycles. The van der Waals surface area contributed by atoms with E-state index in [0.717, 1.165) is 31.7 Å². The molecule has 0 aromatic rings. The van der Waals surface area contributed by atoms with Gasteiger partial charge in [0, 0.05) is 19.3 Å². The van der Waals surface area contributed by atoms with E-state index in [9.17, 15) is 0 Å². The van der Waals surface area contributed by atoms with Crippen molar-refractivity contribution in [1.82, 2.24) is 5.32 Å². The van der Waals surface area contributed by atoms with Gasteiger partial charge in [-0.1, -0.05) is 33.1 Å². The van der Waals surface area contributed by atoms with Crippen LogP contribution in [0.4, 0.5) is 0 Å². The lowest BCUT2D eigenvalue weighted by molar-refractivity contribution is 0.123. The Kier molecular flexibility index (Phi) is 8.72. The summed E-state index contributed by atoms with van der Waals surface area (Å²) in [7, 11) is 0. The zero-order valence-corrected chi connectivity index (χ0v) is 11.8. The van der Waals surface area contributed by atoms with Crippen LogP contribution in [0, 0.1) is 5.92 Å². The van der Waals surface area contributed by atoms with Gasteiger partial charge in [-0.2, -0.15) is 0 Å². The van der Waals surface area contributed by atoms with Crippen molar-refractivity contribution in [3.8, 4) is 0 Å². The summed E-state index contributed by atoms with van der Waals surface area (Å²) in [5.41, 5.74) is 0. The Balaban J connectivity index is 2.07. The predicted octanol–water partition coefficient (Wildman–Crippen LogP) is 3.75. The standard InChI is InChI=1S/C15H31NO/c1-3-5-12-17-13-8-11-15(16-4-2)14-9-6-7-10-14/h14-16H,3-13H2,1-2H3. The normalized spacial score (nSPS) is 18.7. The third kappa shape index (κ3) is 6.42. The van der Waals surface area contributed by atoms with Gasteiger partial charge in [-0.05, 0) is 44.6 Å². The molecule has 0 aromatic heterocycles. The van der Waals surface area contributed by atoms with Crippen molar-refractivity contribution < 1.29 is 4.74 Å². The van der Waals surface area contributed by atoms with Crippen molar-refractivity contribution in [2.45, 2.75) is 71.3 Å². The van der Waals surface area contributed by atoms with E-state index in [-0.39, 0.29) is 0 Å². The van der Waals surface area contributed by atoms with Crippen molar-refractivity contribution in [2.75, 3.05) is 19.8 Å². The second kappa shape index (κ2) is 9.90. The highest BCUT2D eigenvalue weighted by molar-refractivity contribution is 4.80. The molecule has 2 heteroatoms. The van der Waals surface area contributed by atoms with Gasteiger partial charge in [0.1, 0.15) is 0 Å². The number of unbranched alkanes of at least 4 members (excludes halogenated alkanes) is 1. The lowest BCUT2D eigenvalue weighted by Gasteiger charge is -2.24. The summed E-state index contributed by atoms with van der Waals surface area (Å²) in [4.78, 5) is 0. The van der Waals surface area contributed by atoms with Gasteiger partial charge in [0.05, 0.1) is 0 Å². The van der Waals surface area contributed by atoms with Crippen LogP contribution in [-0.2, 0) is 4.74 Å². The van der Waals surface area contributed by atoms with E-state index < -0.39 is 0 Å². The molecule has 0 bridgehead atoms. The topological polar surface area (TPSA) is 21.3 Å². The molecular weight excluding hydrogens is 210 g/mol. The monoisotopic (exact) mass is 241 g/mol. The minimum atomic E-state index is 0.747. The maximum Gasteiger partial charge on any atom is 0.0466 e.